The van der Waals surface area contributed by atoms with E-state index in [1.165, 1.54) is 17.4 Å². The van der Waals surface area contributed by atoms with Gasteiger partial charge < -0.3 is 0 Å². The highest BCUT2D eigenvalue weighted by atomic mass is 32.1. The third kappa shape index (κ3) is 3.68. The molecule has 3 aromatic heterocycles. The van der Waals surface area contributed by atoms with Gasteiger partial charge in [0.2, 0.25) is 0 Å². The maximum atomic E-state index is 12.8. The normalized spacial score (nSPS) is 11.8. The number of hydrogen-bond acceptors (Lipinski definition) is 4. The molecule has 0 saturated heterocycles. The number of nitrogens with zero attached hydrogens (tertiary/aromatic N) is 3. The van der Waals surface area contributed by atoms with Crippen molar-refractivity contribution in [2.45, 2.75) is 19.0 Å². The number of fused-ring (bicyclic) bond motifs is 1. The first kappa shape index (κ1) is 18.4. The number of carbonyl (C=O) groups is 1. The van der Waals surface area contributed by atoms with Crippen LogP contribution in [0, 0.1) is 0 Å². The van der Waals surface area contributed by atoms with Crippen LogP contribution in [0.1, 0.15) is 27.9 Å². The Balaban J connectivity index is 1.48. The third-order valence-electron chi connectivity index (χ3n) is 4.35. The molecule has 0 unspecified atom stereocenters. The van der Waals surface area contributed by atoms with E-state index in [1.54, 1.807) is 40.5 Å². The molecule has 3 heterocycles. The van der Waals surface area contributed by atoms with E-state index < -0.39 is 11.7 Å². The zero-order valence-corrected chi connectivity index (χ0v) is 15.3. The van der Waals surface area contributed by atoms with Crippen molar-refractivity contribution in [1.29, 1.82) is 0 Å². The van der Waals surface area contributed by atoms with Crippen molar-refractivity contribution in [3.8, 4) is 10.6 Å². The highest BCUT2D eigenvalue weighted by molar-refractivity contribution is 7.13. The molecule has 0 bridgehead atoms. The number of benzene rings is 1. The average Bonchev–Trinajstić information content (AvgIpc) is 3.32. The van der Waals surface area contributed by atoms with Gasteiger partial charge in [-0.2, -0.15) is 18.3 Å². The zero-order chi connectivity index (χ0) is 19.7. The number of aromatic nitrogens is 3. The number of hydrogen-bond donors (Lipinski definition) is 0. The van der Waals surface area contributed by atoms with E-state index in [-0.39, 0.29) is 18.6 Å². The minimum Gasteiger partial charge on any atom is -0.294 e. The molecular weight excluding hydrogens is 387 g/mol. The molecule has 0 fully saturated rings. The Labute approximate surface area is 162 Å². The molecule has 0 aliphatic heterocycles. The largest absolute Gasteiger partial charge is 0.416 e. The van der Waals surface area contributed by atoms with Crippen LogP contribution in [0.2, 0.25) is 0 Å². The van der Waals surface area contributed by atoms with Crippen LogP contribution in [0.3, 0.4) is 0 Å². The SMILES string of the molecule is O=C(CCc1cccc(C(F)(F)F)c1)c1csc(-c2cnc3cccnn23)c1. The van der Waals surface area contributed by atoms with Crippen LogP contribution in [0.15, 0.2) is 60.2 Å². The Morgan fingerprint density at radius 1 is 1.14 bits per heavy atom. The Morgan fingerprint density at radius 3 is 2.82 bits per heavy atom. The predicted molar refractivity (Wildman–Crippen MR) is 100 cm³/mol. The van der Waals surface area contributed by atoms with Gasteiger partial charge in [-0.25, -0.2) is 9.50 Å². The number of thiophene rings is 1. The van der Waals surface area contributed by atoms with Gasteiger partial charge in [-0.15, -0.1) is 11.3 Å². The van der Waals surface area contributed by atoms with Gasteiger partial charge in [0.1, 0.15) is 5.69 Å². The van der Waals surface area contributed by atoms with Crippen molar-refractivity contribution in [2.75, 3.05) is 0 Å². The van der Waals surface area contributed by atoms with E-state index in [1.807, 2.05) is 6.07 Å². The second-order valence-corrected chi connectivity index (χ2v) is 7.17. The summed E-state index contributed by atoms with van der Waals surface area (Å²) in [5.41, 5.74) is 1.83. The van der Waals surface area contributed by atoms with Crippen LogP contribution < -0.4 is 0 Å². The first-order valence-electron chi connectivity index (χ1n) is 8.49. The van der Waals surface area contributed by atoms with Gasteiger partial charge in [0.15, 0.2) is 11.4 Å². The number of imidazole rings is 1. The van der Waals surface area contributed by atoms with Gasteiger partial charge >= 0.3 is 6.18 Å². The lowest BCUT2D eigenvalue weighted by molar-refractivity contribution is -0.137. The number of aryl methyl sites for hydroxylation is 1. The molecule has 8 heteroatoms. The lowest BCUT2D eigenvalue weighted by atomic mass is 10.0. The fourth-order valence-corrected chi connectivity index (χ4v) is 3.83. The predicted octanol–water partition coefficient (Wildman–Crippen LogP) is 5.29. The number of ketones is 1. The third-order valence-corrected chi connectivity index (χ3v) is 5.30. The number of Topliss-reactive ketones (excluding diaryl/α,β-unsaturated/α-hetero) is 1. The zero-order valence-electron chi connectivity index (χ0n) is 14.5. The van der Waals surface area contributed by atoms with Crippen LogP contribution in [0.4, 0.5) is 13.2 Å². The summed E-state index contributed by atoms with van der Waals surface area (Å²) < 4.78 is 40.1. The Bertz CT molecular complexity index is 1150. The first-order chi connectivity index (χ1) is 13.4. The summed E-state index contributed by atoms with van der Waals surface area (Å²) in [6.07, 6.45) is -0.629. The van der Waals surface area contributed by atoms with E-state index in [0.717, 1.165) is 22.7 Å². The lowest BCUT2D eigenvalue weighted by Crippen LogP contribution is -2.06. The van der Waals surface area contributed by atoms with Gasteiger partial charge in [0, 0.05) is 23.6 Å². The van der Waals surface area contributed by atoms with E-state index >= 15 is 0 Å². The highest BCUT2D eigenvalue weighted by Gasteiger charge is 2.30. The molecule has 142 valence electrons. The van der Waals surface area contributed by atoms with Gasteiger partial charge in [0.05, 0.1) is 16.6 Å². The van der Waals surface area contributed by atoms with Crippen LogP contribution in [0.5, 0.6) is 0 Å². The molecule has 0 atom stereocenters. The van der Waals surface area contributed by atoms with Gasteiger partial charge in [-0.1, -0.05) is 18.2 Å². The Kier molecular flexibility index (Phi) is 4.72. The lowest BCUT2D eigenvalue weighted by Gasteiger charge is -2.08. The quantitative estimate of drug-likeness (QED) is 0.427. The van der Waals surface area contributed by atoms with E-state index in [2.05, 4.69) is 10.1 Å². The molecule has 0 aliphatic carbocycles. The van der Waals surface area contributed by atoms with Crippen molar-refractivity contribution in [1.82, 2.24) is 14.6 Å². The minimum absolute atomic E-state index is 0.110. The summed E-state index contributed by atoms with van der Waals surface area (Å²) in [7, 11) is 0. The first-order valence-corrected chi connectivity index (χ1v) is 9.37. The number of halogens is 3. The van der Waals surface area contributed by atoms with Crippen LogP contribution in [-0.2, 0) is 12.6 Å². The molecule has 0 spiro atoms. The number of alkyl halides is 3. The molecule has 4 rings (SSSR count). The summed E-state index contributed by atoms with van der Waals surface area (Å²) in [6, 6.07) is 10.5. The molecule has 0 radical (unpaired) electrons. The second-order valence-electron chi connectivity index (χ2n) is 6.26. The highest BCUT2D eigenvalue weighted by Crippen LogP contribution is 2.30. The fourth-order valence-electron chi connectivity index (χ4n) is 2.92. The molecular formula is C20H14F3N3OS. The van der Waals surface area contributed by atoms with Gasteiger partial charge in [0.25, 0.3) is 0 Å². The molecule has 4 aromatic rings. The molecule has 4 nitrogen and oxygen atoms in total. The summed E-state index contributed by atoms with van der Waals surface area (Å²) in [6.45, 7) is 0. The topological polar surface area (TPSA) is 47.3 Å². The van der Waals surface area contributed by atoms with Crippen molar-refractivity contribution in [3.63, 3.8) is 0 Å². The smallest absolute Gasteiger partial charge is 0.294 e. The average molecular weight is 401 g/mol. The summed E-state index contributed by atoms with van der Waals surface area (Å²) >= 11 is 1.41. The molecule has 0 N–H and O–H groups in total. The monoisotopic (exact) mass is 401 g/mol. The standard InChI is InChI=1S/C20H14F3N3OS/c21-20(22,23)15-4-1-3-13(9-15)6-7-17(27)14-10-18(28-12-14)16-11-24-19-5-2-8-25-26(16)19/h1-5,8-12H,6-7H2. The Hall–Kier alpha value is -3.00. The number of carbonyl (C=O) groups excluding carboxylic acids is 1. The van der Waals surface area contributed by atoms with E-state index in [9.17, 15) is 18.0 Å². The molecule has 0 aliphatic rings. The van der Waals surface area contributed by atoms with E-state index in [4.69, 9.17) is 0 Å². The summed E-state index contributed by atoms with van der Waals surface area (Å²) in [4.78, 5) is 17.6. The van der Waals surface area contributed by atoms with Gasteiger partial charge in [-0.05, 0) is 36.2 Å². The van der Waals surface area contributed by atoms with Crippen LogP contribution >= 0.6 is 11.3 Å². The fraction of sp³-hybridized carbons (Fsp3) is 0.150. The van der Waals surface area contributed by atoms with Crippen molar-refractivity contribution in [3.05, 3.63) is 76.9 Å². The number of rotatable bonds is 5. The Morgan fingerprint density at radius 2 is 2.00 bits per heavy atom. The van der Waals surface area contributed by atoms with Crippen molar-refractivity contribution < 1.29 is 18.0 Å². The van der Waals surface area contributed by atoms with Crippen LogP contribution in [-0.4, -0.2) is 20.4 Å². The molecule has 1 aromatic carbocycles. The van der Waals surface area contributed by atoms with Crippen molar-refractivity contribution >= 4 is 22.8 Å². The molecule has 28 heavy (non-hydrogen) atoms. The van der Waals surface area contributed by atoms with Crippen molar-refractivity contribution in [2.24, 2.45) is 0 Å². The second kappa shape index (κ2) is 7.20. The minimum atomic E-state index is -4.38. The maximum absolute atomic E-state index is 12.8. The van der Waals surface area contributed by atoms with Crippen LogP contribution in [0.25, 0.3) is 16.2 Å². The summed E-state index contributed by atoms with van der Waals surface area (Å²) in [5.74, 6) is -0.110. The molecule has 0 amide bonds. The van der Waals surface area contributed by atoms with Gasteiger partial charge in [-0.3, -0.25) is 4.79 Å². The summed E-state index contributed by atoms with van der Waals surface area (Å²) in [5, 5.41) is 6.02. The van der Waals surface area contributed by atoms with E-state index in [0.29, 0.717) is 16.8 Å². The maximum Gasteiger partial charge on any atom is 0.416 e. The molecule has 0 saturated carbocycles.